The lowest BCUT2D eigenvalue weighted by Gasteiger charge is -2.38. The van der Waals surface area contributed by atoms with E-state index in [9.17, 15) is 43.2 Å². The number of nitrogens with zero attached hydrogens (tertiary/aromatic N) is 1. The Morgan fingerprint density at radius 3 is 1.92 bits per heavy atom. The molecule has 338 valence electrons. The maximum atomic E-state index is 14.0. The van der Waals surface area contributed by atoms with Gasteiger partial charge in [0.2, 0.25) is 24.2 Å². The van der Waals surface area contributed by atoms with E-state index in [4.69, 9.17) is 34.2 Å². The van der Waals surface area contributed by atoms with Gasteiger partial charge in [0.25, 0.3) is 11.5 Å². The number of nitrogens with one attached hydrogen (secondary N) is 3. The fourth-order valence-electron chi connectivity index (χ4n) is 7.50. The van der Waals surface area contributed by atoms with E-state index >= 15 is 0 Å². The largest absolute Gasteiger partial charge is 0.455 e. The minimum absolute atomic E-state index is 0.0179. The number of amides is 3. The molecular weight excluding hydrogens is 851 g/mol. The first kappa shape index (κ1) is 45.3. The van der Waals surface area contributed by atoms with Crippen LogP contribution < -0.4 is 27.6 Å². The SMILES string of the molecule is C[C@@H]1CCC[C@H](NC(=O)C2=C[C@H](OC(=O)c3ccccc3)[C@H](OC(=O)c3ccccc3)[C@@H](O[C@@H](C(N)=O)[C@H]3O[C@@H](n4ccc(=O)[nH]c4=O)[C@H](OC(=O)c4ccccc4)[C@@H]3C=O)O2)C(=O)N1. The van der Waals surface area contributed by atoms with Crippen LogP contribution in [0.5, 0.6) is 0 Å². The monoisotopic (exact) mass is 893 g/mol. The Balaban J connectivity index is 1.28. The summed E-state index contributed by atoms with van der Waals surface area (Å²) in [5, 5.41) is 5.41. The average molecular weight is 894 g/mol. The number of aromatic amines is 1. The van der Waals surface area contributed by atoms with Gasteiger partial charge in [0.05, 0.1) is 22.6 Å². The van der Waals surface area contributed by atoms with E-state index < -0.39 is 108 Å². The number of ether oxygens (including phenoxy) is 6. The minimum atomic E-state index is -2.13. The van der Waals surface area contributed by atoms with Crippen molar-refractivity contribution in [3.63, 3.8) is 0 Å². The summed E-state index contributed by atoms with van der Waals surface area (Å²) in [6.45, 7) is 1.81. The van der Waals surface area contributed by atoms with E-state index in [0.29, 0.717) is 12.8 Å². The molecule has 3 aliphatic rings. The molecule has 7 rings (SSSR count). The van der Waals surface area contributed by atoms with E-state index in [1.165, 1.54) is 36.4 Å². The number of H-pyrrole nitrogens is 1. The summed E-state index contributed by atoms with van der Waals surface area (Å²) in [6.07, 6.45) is -9.23. The first-order valence-corrected chi connectivity index (χ1v) is 20.5. The van der Waals surface area contributed by atoms with Gasteiger partial charge in [-0.25, -0.2) is 19.2 Å². The van der Waals surface area contributed by atoms with Crippen molar-refractivity contribution < 1.29 is 62.0 Å². The number of hydrogen-bond donors (Lipinski definition) is 4. The Morgan fingerprint density at radius 2 is 1.37 bits per heavy atom. The van der Waals surface area contributed by atoms with Crippen LogP contribution in [0.1, 0.15) is 63.5 Å². The van der Waals surface area contributed by atoms with Crippen molar-refractivity contribution >= 4 is 41.9 Å². The highest BCUT2D eigenvalue weighted by Gasteiger charge is 2.55. The first-order valence-electron chi connectivity index (χ1n) is 20.5. The van der Waals surface area contributed by atoms with Crippen LogP contribution in [0.3, 0.4) is 0 Å². The van der Waals surface area contributed by atoms with Crippen molar-refractivity contribution in [1.82, 2.24) is 20.2 Å². The summed E-state index contributed by atoms with van der Waals surface area (Å²) in [5.41, 5.74) is 4.21. The Hall–Kier alpha value is -7.71. The highest BCUT2D eigenvalue weighted by molar-refractivity contribution is 5.96. The van der Waals surface area contributed by atoms with Crippen molar-refractivity contribution in [3.8, 4) is 0 Å². The standard InChI is InChI=1S/C45H43N5O15/c1-24-12-11-19-29(38(54)47-24)48-39(55)31-22-30(60-41(56)25-13-5-2-6-14-25)35(64-43(58)27-17-9-4-10-18-27)44(61-31)65-36(37(46)53)33-28(23-51)34(63-42(57)26-15-7-3-8-16-26)40(62-33)50-21-20-32(52)49-45(50)59/h2-10,13-18,20-24,28-30,33-36,40,44H,11-12,19H2,1H3,(H2,46,53)(H,47,54)(H,48,55)(H,49,52,59)/t24-,28-,29+,30+,33+,34-,35+,36-,40-,44-/m1/s1. The number of hydrogen-bond acceptors (Lipinski definition) is 15. The smallest absolute Gasteiger partial charge is 0.338 e. The van der Waals surface area contributed by atoms with Gasteiger partial charge in [0.1, 0.15) is 18.4 Å². The molecule has 3 aromatic carbocycles. The molecular formula is C45H43N5O15. The number of esters is 3. The van der Waals surface area contributed by atoms with Crippen molar-refractivity contribution in [2.24, 2.45) is 11.7 Å². The van der Waals surface area contributed by atoms with Crippen LogP contribution in [0.15, 0.2) is 125 Å². The zero-order valence-corrected chi connectivity index (χ0v) is 34.5. The summed E-state index contributed by atoms with van der Waals surface area (Å²) >= 11 is 0. The number of aromatic nitrogens is 2. The van der Waals surface area contributed by atoms with Gasteiger partial charge in [0.15, 0.2) is 30.3 Å². The van der Waals surface area contributed by atoms with Gasteiger partial charge in [-0.1, -0.05) is 54.6 Å². The molecule has 20 nitrogen and oxygen atoms in total. The zero-order valence-electron chi connectivity index (χ0n) is 34.5. The van der Waals surface area contributed by atoms with Crippen LogP contribution in [0.2, 0.25) is 0 Å². The molecule has 0 saturated carbocycles. The Kier molecular flexibility index (Phi) is 14.1. The third-order valence-corrected chi connectivity index (χ3v) is 10.8. The van der Waals surface area contributed by atoms with Crippen LogP contribution in [0.25, 0.3) is 0 Å². The first-order chi connectivity index (χ1) is 31.3. The molecule has 0 radical (unpaired) electrons. The van der Waals surface area contributed by atoms with Gasteiger partial charge >= 0.3 is 23.6 Å². The van der Waals surface area contributed by atoms with Gasteiger partial charge in [-0.3, -0.25) is 28.7 Å². The molecule has 10 atom stereocenters. The quantitative estimate of drug-likeness (QED) is 0.0787. The molecule has 0 unspecified atom stereocenters. The molecule has 0 bridgehead atoms. The Morgan fingerprint density at radius 1 is 0.800 bits per heavy atom. The summed E-state index contributed by atoms with van der Waals surface area (Å²) in [7, 11) is 0. The fraction of sp³-hybridized carbons (Fsp3) is 0.311. The maximum absolute atomic E-state index is 14.0. The predicted molar refractivity (Wildman–Crippen MR) is 222 cm³/mol. The highest BCUT2D eigenvalue weighted by atomic mass is 16.7. The van der Waals surface area contributed by atoms with Gasteiger partial charge in [-0.2, -0.15) is 0 Å². The lowest BCUT2D eigenvalue weighted by Crippen LogP contribution is -2.55. The molecule has 2 saturated heterocycles. The second-order valence-electron chi connectivity index (χ2n) is 15.3. The van der Waals surface area contributed by atoms with Crippen LogP contribution in [0.4, 0.5) is 0 Å². The van der Waals surface area contributed by atoms with Crippen molar-refractivity contribution in [1.29, 1.82) is 0 Å². The van der Waals surface area contributed by atoms with Crippen LogP contribution >= 0.6 is 0 Å². The molecule has 1 aromatic heterocycles. The molecule has 0 aliphatic carbocycles. The normalized spacial score (nSPS) is 25.5. The summed E-state index contributed by atoms with van der Waals surface area (Å²) < 4.78 is 36.7. The number of aldehydes is 1. The summed E-state index contributed by atoms with van der Waals surface area (Å²) in [4.78, 5) is 122. The molecule has 5 N–H and O–H groups in total. The number of carbonyl (C=O) groups is 7. The van der Waals surface area contributed by atoms with Gasteiger partial charge in [-0.15, -0.1) is 0 Å². The second-order valence-corrected chi connectivity index (χ2v) is 15.3. The lowest BCUT2D eigenvalue weighted by atomic mass is 9.94. The Labute approximate surface area is 369 Å². The minimum Gasteiger partial charge on any atom is -0.455 e. The van der Waals surface area contributed by atoms with E-state index in [1.807, 2.05) is 6.92 Å². The van der Waals surface area contributed by atoms with E-state index in [0.717, 1.165) is 22.9 Å². The molecule has 3 amide bonds. The van der Waals surface area contributed by atoms with Gasteiger partial charge in [0, 0.05) is 24.4 Å². The molecule has 0 spiro atoms. The maximum Gasteiger partial charge on any atom is 0.338 e. The van der Waals surface area contributed by atoms with E-state index in [2.05, 4.69) is 15.6 Å². The van der Waals surface area contributed by atoms with Crippen LogP contribution in [0, 0.1) is 5.92 Å². The summed E-state index contributed by atoms with van der Waals surface area (Å²) in [6, 6.07) is 22.6. The number of rotatable bonds is 14. The zero-order chi connectivity index (χ0) is 46.2. The van der Waals surface area contributed by atoms with Crippen molar-refractivity contribution in [3.05, 3.63) is 153 Å². The van der Waals surface area contributed by atoms with E-state index in [1.54, 1.807) is 54.6 Å². The third-order valence-electron chi connectivity index (χ3n) is 10.8. The summed E-state index contributed by atoms with van der Waals surface area (Å²) in [5.74, 6) is -7.96. The third kappa shape index (κ3) is 10.6. The van der Waals surface area contributed by atoms with Crippen LogP contribution in [-0.4, -0.2) is 100 Å². The molecule has 4 heterocycles. The van der Waals surface area contributed by atoms with Crippen molar-refractivity contribution in [2.75, 3.05) is 0 Å². The predicted octanol–water partition coefficient (Wildman–Crippen LogP) is 1.21. The van der Waals surface area contributed by atoms with Crippen LogP contribution in [-0.2, 0) is 47.6 Å². The number of primary amides is 1. The average Bonchev–Trinajstić information content (AvgIpc) is 3.56. The van der Waals surface area contributed by atoms with E-state index in [-0.39, 0.29) is 35.4 Å². The Bertz CT molecular complexity index is 2570. The number of nitrogens with two attached hydrogens (primary N) is 1. The van der Waals surface area contributed by atoms with Gasteiger partial charge < -0.3 is 49.6 Å². The molecule has 4 aromatic rings. The number of benzene rings is 3. The number of carbonyl (C=O) groups excluding carboxylic acids is 7. The molecule has 65 heavy (non-hydrogen) atoms. The lowest BCUT2D eigenvalue weighted by molar-refractivity contribution is -0.238. The fourth-order valence-corrected chi connectivity index (χ4v) is 7.50. The highest BCUT2D eigenvalue weighted by Crippen LogP contribution is 2.39. The van der Waals surface area contributed by atoms with Gasteiger partial charge in [-0.05, 0) is 62.6 Å². The van der Waals surface area contributed by atoms with Crippen molar-refractivity contribution in [2.45, 2.75) is 81.3 Å². The molecule has 3 aliphatic heterocycles. The molecule has 20 heteroatoms. The topological polar surface area (TPSA) is 280 Å². The second kappa shape index (κ2) is 20.2. The molecule has 2 fully saturated rings.